The molecule has 0 amide bonds. The van der Waals surface area contributed by atoms with Gasteiger partial charge in [-0.05, 0) is 44.7 Å². The van der Waals surface area contributed by atoms with Crippen LogP contribution in [0.1, 0.15) is 24.6 Å². The van der Waals surface area contributed by atoms with Crippen LogP contribution >= 0.6 is 23.7 Å². The summed E-state index contributed by atoms with van der Waals surface area (Å²) in [5.41, 5.74) is 5.87. The number of piperidine rings is 1. The predicted octanol–water partition coefficient (Wildman–Crippen LogP) is 2.23. The summed E-state index contributed by atoms with van der Waals surface area (Å²) in [6.45, 7) is 5.10. The molecule has 2 heterocycles. The normalized spacial score (nSPS) is 19.9. The van der Waals surface area contributed by atoms with Gasteiger partial charge in [0.1, 0.15) is 4.21 Å². The van der Waals surface area contributed by atoms with Crippen molar-refractivity contribution in [3.8, 4) is 0 Å². The highest BCUT2D eigenvalue weighted by atomic mass is 35.5. The lowest BCUT2D eigenvalue weighted by Crippen LogP contribution is -2.42. The van der Waals surface area contributed by atoms with Crippen molar-refractivity contribution in [2.24, 2.45) is 11.7 Å². The van der Waals surface area contributed by atoms with Crippen LogP contribution in [0.5, 0.6) is 0 Å². The van der Waals surface area contributed by atoms with Crippen LogP contribution < -0.4 is 5.73 Å². The quantitative estimate of drug-likeness (QED) is 0.927. The summed E-state index contributed by atoms with van der Waals surface area (Å²) < 4.78 is 26.8. The van der Waals surface area contributed by atoms with Crippen LogP contribution in [-0.2, 0) is 10.0 Å². The van der Waals surface area contributed by atoms with Crippen LogP contribution in [-0.4, -0.2) is 31.9 Å². The van der Waals surface area contributed by atoms with Gasteiger partial charge in [-0.25, -0.2) is 8.42 Å². The molecule has 2 rings (SSSR count). The Morgan fingerprint density at radius 3 is 2.37 bits per heavy atom. The summed E-state index contributed by atoms with van der Waals surface area (Å²) >= 11 is 1.34. The molecule has 0 aromatic carbocycles. The fraction of sp³-hybridized carbons (Fsp3) is 0.667. The van der Waals surface area contributed by atoms with Gasteiger partial charge < -0.3 is 5.73 Å². The molecule has 1 aliphatic rings. The van der Waals surface area contributed by atoms with E-state index in [1.165, 1.54) is 11.3 Å². The summed E-state index contributed by atoms with van der Waals surface area (Å²) in [5, 5.41) is 0. The Bertz CT molecular complexity index is 506. The highest BCUT2D eigenvalue weighted by molar-refractivity contribution is 7.91. The van der Waals surface area contributed by atoms with Crippen molar-refractivity contribution in [2.45, 2.75) is 36.9 Å². The smallest absolute Gasteiger partial charge is 0.252 e. The zero-order chi connectivity index (χ0) is 13.3. The minimum absolute atomic E-state index is 0. The molecule has 1 aromatic rings. The molecule has 1 fully saturated rings. The molecule has 1 unspecified atom stereocenters. The maximum atomic E-state index is 12.4. The number of hydrogen-bond donors (Lipinski definition) is 1. The van der Waals surface area contributed by atoms with Crippen molar-refractivity contribution < 1.29 is 8.42 Å². The third kappa shape index (κ3) is 3.70. The minimum atomic E-state index is -3.28. The largest absolute Gasteiger partial charge is 0.328 e. The SMILES string of the molecule is Cc1ccc(S(=O)(=O)N2CCC(C(C)N)CC2)s1.Cl. The molecule has 1 aromatic heterocycles. The molecule has 0 spiro atoms. The van der Waals surface area contributed by atoms with Gasteiger partial charge in [-0.1, -0.05) is 0 Å². The molecule has 110 valence electrons. The van der Waals surface area contributed by atoms with Gasteiger partial charge in [0, 0.05) is 24.0 Å². The Morgan fingerprint density at radius 2 is 1.95 bits per heavy atom. The van der Waals surface area contributed by atoms with Gasteiger partial charge >= 0.3 is 0 Å². The maximum Gasteiger partial charge on any atom is 0.252 e. The Balaban J connectivity index is 0.00000180. The van der Waals surface area contributed by atoms with Crippen molar-refractivity contribution in [1.82, 2.24) is 4.31 Å². The molecule has 1 saturated heterocycles. The average Bonchev–Trinajstić information content (AvgIpc) is 2.76. The first-order valence-electron chi connectivity index (χ1n) is 6.23. The van der Waals surface area contributed by atoms with Gasteiger partial charge in [-0.15, -0.1) is 23.7 Å². The number of halogens is 1. The number of aryl methyl sites for hydroxylation is 1. The fourth-order valence-corrected chi connectivity index (χ4v) is 5.23. The van der Waals surface area contributed by atoms with Crippen molar-refractivity contribution in [1.29, 1.82) is 0 Å². The molecular weight excluding hydrogens is 304 g/mol. The van der Waals surface area contributed by atoms with Gasteiger partial charge in [0.25, 0.3) is 10.0 Å². The second-order valence-electron chi connectivity index (χ2n) is 4.97. The first-order chi connectivity index (χ1) is 8.41. The molecule has 19 heavy (non-hydrogen) atoms. The summed E-state index contributed by atoms with van der Waals surface area (Å²) in [6.07, 6.45) is 1.72. The average molecular weight is 325 g/mol. The Hall–Kier alpha value is -0.140. The summed E-state index contributed by atoms with van der Waals surface area (Å²) in [4.78, 5) is 1.03. The standard InChI is InChI=1S/C12H20N2O2S2.ClH/c1-9-3-4-12(17-9)18(15,16)14-7-5-11(6-8-14)10(2)13;/h3-4,10-11H,5-8,13H2,1-2H3;1H. The van der Waals surface area contributed by atoms with E-state index in [1.807, 2.05) is 19.9 Å². The molecule has 4 nitrogen and oxygen atoms in total. The first kappa shape index (κ1) is 16.9. The van der Waals surface area contributed by atoms with Crippen LogP contribution in [0.15, 0.2) is 16.3 Å². The number of sulfonamides is 1. The van der Waals surface area contributed by atoms with Crippen molar-refractivity contribution in [2.75, 3.05) is 13.1 Å². The highest BCUT2D eigenvalue weighted by Gasteiger charge is 2.31. The third-order valence-corrected chi connectivity index (χ3v) is 6.92. The van der Waals surface area contributed by atoms with Crippen LogP contribution in [0.25, 0.3) is 0 Å². The van der Waals surface area contributed by atoms with Gasteiger partial charge in [0.15, 0.2) is 0 Å². The summed E-state index contributed by atoms with van der Waals surface area (Å²) in [6, 6.07) is 3.71. The number of nitrogens with zero attached hydrogens (tertiary/aromatic N) is 1. The molecule has 0 aliphatic carbocycles. The summed E-state index contributed by atoms with van der Waals surface area (Å²) in [7, 11) is -3.28. The molecule has 1 atom stereocenters. The number of hydrogen-bond acceptors (Lipinski definition) is 4. The van der Waals surface area contributed by atoms with Crippen molar-refractivity contribution in [3.63, 3.8) is 0 Å². The topological polar surface area (TPSA) is 63.4 Å². The minimum Gasteiger partial charge on any atom is -0.328 e. The van der Waals surface area contributed by atoms with Crippen molar-refractivity contribution in [3.05, 3.63) is 17.0 Å². The van der Waals surface area contributed by atoms with E-state index in [-0.39, 0.29) is 18.4 Å². The first-order valence-corrected chi connectivity index (χ1v) is 8.49. The number of thiophene rings is 1. The fourth-order valence-electron chi connectivity index (χ4n) is 2.32. The molecular formula is C12H21ClN2O2S2. The zero-order valence-electron chi connectivity index (χ0n) is 11.2. The van der Waals surface area contributed by atoms with Crippen LogP contribution in [0.4, 0.5) is 0 Å². The highest BCUT2D eigenvalue weighted by Crippen LogP contribution is 2.28. The van der Waals surface area contributed by atoms with Gasteiger partial charge in [0.2, 0.25) is 0 Å². The van der Waals surface area contributed by atoms with E-state index in [0.29, 0.717) is 23.2 Å². The molecule has 0 saturated carbocycles. The van der Waals surface area contributed by atoms with Crippen LogP contribution in [0.2, 0.25) is 0 Å². The number of nitrogens with two attached hydrogens (primary N) is 1. The van der Waals surface area contributed by atoms with Crippen molar-refractivity contribution >= 4 is 33.8 Å². The van der Waals surface area contributed by atoms with E-state index in [0.717, 1.165) is 17.7 Å². The van der Waals surface area contributed by atoms with E-state index in [2.05, 4.69) is 0 Å². The molecule has 7 heteroatoms. The van der Waals surface area contributed by atoms with Crippen LogP contribution in [0.3, 0.4) is 0 Å². The lowest BCUT2D eigenvalue weighted by atomic mass is 9.92. The molecule has 0 bridgehead atoms. The van der Waals surface area contributed by atoms with E-state index < -0.39 is 10.0 Å². The maximum absolute atomic E-state index is 12.4. The van der Waals surface area contributed by atoms with Gasteiger partial charge in [-0.2, -0.15) is 4.31 Å². The molecule has 1 aliphatic heterocycles. The molecule has 0 radical (unpaired) electrons. The zero-order valence-corrected chi connectivity index (χ0v) is 13.7. The Labute approximate surface area is 125 Å². The summed E-state index contributed by atoms with van der Waals surface area (Å²) in [5.74, 6) is 0.446. The monoisotopic (exact) mass is 324 g/mol. The Kier molecular flexibility index (Phi) is 5.82. The number of rotatable bonds is 3. The van der Waals surface area contributed by atoms with Gasteiger partial charge in [-0.3, -0.25) is 0 Å². The molecule has 2 N–H and O–H groups in total. The second-order valence-corrected chi connectivity index (χ2v) is 8.42. The van der Waals surface area contributed by atoms with E-state index in [1.54, 1.807) is 10.4 Å². The lowest BCUT2D eigenvalue weighted by Gasteiger charge is -2.32. The van der Waals surface area contributed by atoms with Crippen LogP contribution in [0, 0.1) is 12.8 Å². The second kappa shape index (κ2) is 6.54. The lowest BCUT2D eigenvalue weighted by molar-refractivity contribution is 0.251. The van der Waals surface area contributed by atoms with Gasteiger partial charge in [0.05, 0.1) is 0 Å². The Morgan fingerprint density at radius 1 is 1.37 bits per heavy atom. The van der Waals surface area contributed by atoms with E-state index in [9.17, 15) is 8.42 Å². The van der Waals surface area contributed by atoms with E-state index >= 15 is 0 Å². The predicted molar refractivity (Wildman–Crippen MR) is 81.4 cm³/mol. The van der Waals surface area contributed by atoms with E-state index in [4.69, 9.17) is 5.73 Å². The third-order valence-electron chi connectivity index (χ3n) is 3.55.